The number of hydrogen-bond donors (Lipinski definition) is 2. The number of carbonyl (C=O) groups excluding carboxylic acids is 1. The zero-order valence-corrected chi connectivity index (χ0v) is 10.6. The van der Waals surface area contributed by atoms with Gasteiger partial charge in [-0.25, -0.2) is 0 Å². The van der Waals surface area contributed by atoms with Crippen molar-refractivity contribution in [2.45, 2.75) is 19.9 Å². The molecule has 0 unspecified atom stereocenters. The van der Waals surface area contributed by atoms with E-state index in [1.54, 1.807) is 12.1 Å². The monoisotopic (exact) mass is 243 g/mol. The smallest absolute Gasteiger partial charge is 0.272 e. The second-order valence-corrected chi connectivity index (χ2v) is 4.47. The van der Waals surface area contributed by atoms with Crippen LogP contribution in [0, 0.1) is 0 Å². The molecular weight excluding hydrogens is 226 g/mol. The van der Waals surface area contributed by atoms with Crippen molar-refractivity contribution in [2.75, 3.05) is 11.1 Å². The lowest BCUT2D eigenvalue weighted by molar-refractivity contribution is 0.101. The third-order valence-corrected chi connectivity index (χ3v) is 2.71. The van der Waals surface area contributed by atoms with E-state index in [2.05, 4.69) is 5.32 Å². The lowest BCUT2D eigenvalue weighted by atomic mass is 10.2. The summed E-state index contributed by atoms with van der Waals surface area (Å²) < 4.78 is 1.93. The fourth-order valence-electron chi connectivity index (χ4n) is 1.85. The van der Waals surface area contributed by atoms with Crippen LogP contribution >= 0.6 is 0 Å². The molecule has 18 heavy (non-hydrogen) atoms. The van der Waals surface area contributed by atoms with Crippen LogP contribution in [-0.4, -0.2) is 10.5 Å². The molecule has 4 nitrogen and oxygen atoms in total. The first kappa shape index (κ1) is 12.2. The SMILES string of the molecule is CC(C)n1cccc1C(=O)Nc1cccc(N)c1. The van der Waals surface area contributed by atoms with Crippen LogP contribution in [0.3, 0.4) is 0 Å². The molecule has 1 aromatic heterocycles. The minimum Gasteiger partial charge on any atom is -0.399 e. The summed E-state index contributed by atoms with van der Waals surface area (Å²) in [5.41, 5.74) is 7.66. The van der Waals surface area contributed by atoms with Crippen LogP contribution in [-0.2, 0) is 0 Å². The van der Waals surface area contributed by atoms with Crippen LogP contribution in [0.2, 0.25) is 0 Å². The topological polar surface area (TPSA) is 60.0 Å². The van der Waals surface area contributed by atoms with Crippen LogP contribution in [0.1, 0.15) is 30.4 Å². The van der Waals surface area contributed by atoms with E-state index >= 15 is 0 Å². The Balaban J connectivity index is 2.20. The van der Waals surface area contributed by atoms with Gasteiger partial charge in [0.25, 0.3) is 5.91 Å². The fraction of sp³-hybridized carbons (Fsp3) is 0.214. The Morgan fingerprint density at radius 3 is 2.72 bits per heavy atom. The molecule has 1 aromatic carbocycles. The quantitative estimate of drug-likeness (QED) is 0.814. The molecule has 0 aliphatic carbocycles. The van der Waals surface area contributed by atoms with E-state index < -0.39 is 0 Å². The van der Waals surface area contributed by atoms with Crippen molar-refractivity contribution < 1.29 is 4.79 Å². The number of rotatable bonds is 3. The van der Waals surface area contributed by atoms with Crippen LogP contribution in [0.4, 0.5) is 11.4 Å². The summed E-state index contributed by atoms with van der Waals surface area (Å²) in [5, 5.41) is 2.84. The van der Waals surface area contributed by atoms with E-state index in [1.165, 1.54) is 0 Å². The van der Waals surface area contributed by atoms with Crippen molar-refractivity contribution in [3.8, 4) is 0 Å². The maximum absolute atomic E-state index is 12.1. The van der Waals surface area contributed by atoms with Crippen molar-refractivity contribution in [2.24, 2.45) is 0 Å². The number of amides is 1. The van der Waals surface area contributed by atoms with Gasteiger partial charge in [0.15, 0.2) is 0 Å². The van der Waals surface area contributed by atoms with Crippen molar-refractivity contribution in [3.63, 3.8) is 0 Å². The van der Waals surface area contributed by atoms with Crippen LogP contribution in [0.15, 0.2) is 42.6 Å². The fourth-order valence-corrected chi connectivity index (χ4v) is 1.85. The van der Waals surface area contributed by atoms with E-state index in [1.807, 2.05) is 48.9 Å². The molecule has 0 saturated carbocycles. The zero-order chi connectivity index (χ0) is 13.1. The second-order valence-electron chi connectivity index (χ2n) is 4.47. The molecule has 1 heterocycles. The van der Waals surface area contributed by atoms with Gasteiger partial charge in [0.05, 0.1) is 0 Å². The first-order chi connectivity index (χ1) is 8.58. The molecule has 3 N–H and O–H groups in total. The number of hydrogen-bond acceptors (Lipinski definition) is 2. The summed E-state index contributed by atoms with van der Waals surface area (Å²) in [6.45, 7) is 4.08. The third-order valence-electron chi connectivity index (χ3n) is 2.71. The largest absolute Gasteiger partial charge is 0.399 e. The minimum atomic E-state index is -0.126. The molecule has 0 saturated heterocycles. The molecule has 0 bridgehead atoms. The summed E-state index contributed by atoms with van der Waals surface area (Å²) in [5.74, 6) is -0.126. The number of nitrogens with zero attached hydrogens (tertiary/aromatic N) is 1. The van der Waals surface area contributed by atoms with Gasteiger partial charge in [0.1, 0.15) is 5.69 Å². The second kappa shape index (κ2) is 4.96. The van der Waals surface area contributed by atoms with Crippen molar-refractivity contribution in [1.29, 1.82) is 0 Å². The summed E-state index contributed by atoms with van der Waals surface area (Å²) in [7, 11) is 0. The maximum atomic E-state index is 12.1. The highest BCUT2D eigenvalue weighted by Gasteiger charge is 2.12. The number of aromatic nitrogens is 1. The normalized spacial score (nSPS) is 10.6. The van der Waals surface area contributed by atoms with Gasteiger partial charge in [0.2, 0.25) is 0 Å². The Hall–Kier alpha value is -2.23. The number of nitrogens with two attached hydrogens (primary N) is 1. The molecule has 0 spiro atoms. The molecule has 4 heteroatoms. The number of nitrogens with one attached hydrogen (secondary N) is 1. The summed E-state index contributed by atoms with van der Waals surface area (Å²) in [6.07, 6.45) is 1.90. The van der Waals surface area contributed by atoms with E-state index in [0.29, 0.717) is 17.1 Å². The Labute approximate surface area is 106 Å². The number of benzene rings is 1. The van der Waals surface area contributed by atoms with Gasteiger partial charge in [-0.2, -0.15) is 0 Å². The molecule has 0 radical (unpaired) electrons. The van der Waals surface area contributed by atoms with Crippen molar-refractivity contribution in [3.05, 3.63) is 48.3 Å². The van der Waals surface area contributed by atoms with E-state index in [4.69, 9.17) is 5.73 Å². The first-order valence-corrected chi connectivity index (χ1v) is 5.91. The Morgan fingerprint density at radius 2 is 2.06 bits per heavy atom. The Morgan fingerprint density at radius 1 is 1.28 bits per heavy atom. The zero-order valence-electron chi connectivity index (χ0n) is 10.6. The molecule has 0 fully saturated rings. The number of anilines is 2. The molecule has 0 aliphatic heterocycles. The van der Waals surface area contributed by atoms with Gasteiger partial charge in [-0.1, -0.05) is 6.07 Å². The average molecular weight is 243 g/mol. The molecule has 0 aliphatic rings. The van der Waals surface area contributed by atoms with Crippen molar-refractivity contribution in [1.82, 2.24) is 4.57 Å². The van der Waals surface area contributed by atoms with Gasteiger partial charge in [0, 0.05) is 23.6 Å². The lowest BCUT2D eigenvalue weighted by Crippen LogP contribution is -2.17. The Kier molecular flexibility index (Phi) is 3.37. The molecule has 2 aromatic rings. The summed E-state index contributed by atoms with van der Waals surface area (Å²) in [4.78, 5) is 12.1. The Bertz CT molecular complexity index is 558. The maximum Gasteiger partial charge on any atom is 0.272 e. The molecule has 0 atom stereocenters. The number of nitrogen functional groups attached to an aromatic ring is 1. The van der Waals surface area contributed by atoms with E-state index in [0.717, 1.165) is 0 Å². The molecule has 94 valence electrons. The predicted octanol–water partition coefficient (Wildman–Crippen LogP) is 2.90. The highest BCUT2D eigenvalue weighted by atomic mass is 16.1. The first-order valence-electron chi connectivity index (χ1n) is 5.91. The molecular formula is C14H17N3O. The lowest BCUT2D eigenvalue weighted by Gasteiger charge is -2.13. The van der Waals surface area contributed by atoms with Crippen LogP contribution < -0.4 is 11.1 Å². The van der Waals surface area contributed by atoms with E-state index in [-0.39, 0.29) is 11.9 Å². The third kappa shape index (κ3) is 2.53. The van der Waals surface area contributed by atoms with E-state index in [9.17, 15) is 4.79 Å². The molecule has 2 rings (SSSR count). The standard InChI is InChI=1S/C14H17N3O/c1-10(2)17-8-4-7-13(17)14(18)16-12-6-3-5-11(15)9-12/h3-10H,15H2,1-2H3,(H,16,18). The van der Waals surface area contributed by atoms with Gasteiger partial charge in [-0.15, -0.1) is 0 Å². The van der Waals surface area contributed by atoms with Crippen molar-refractivity contribution >= 4 is 17.3 Å². The van der Waals surface area contributed by atoms with Crippen LogP contribution in [0.25, 0.3) is 0 Å². The highest BCUT2D eigenvalue weighted by molar-refractivity contribution is 6.03. The van der Waals surface area contributed by atoms with Gasteiger partial charge in [-0.05, 0) is 44.2 Å². The van der Waals surface area contributed by atoms with Gasteiger partial charge >= 0.3 is 0 Å². The summed E-state index contributed by atoms with van der Waals surface area (Å²) >= 11 is 0. The van der Waals surface area contributed by atoms with Gasteiger partial charge < -0.3 is 15.6 Å². The van der Waals surface area contributed by atoms with Crippen LogP contribution in [0.5, 0.6) is 0 Å². The average Bonchev–Trinajstić information content (AvgIpc) is 2.77. The number of carbonyl (C=O) groups is 1. The van der Waals surface area contributed by atoms with Gasteiger partial charge in [-0.3, -0.25) is 4.79 Å². The summed E-state index contributed by atoms with van der Waals surface area (Å²) in [6, 6.07) is 11.1. The highest BCUT2D eigenvalue weighted by Crippen LogP contribution is 2.15. The molecule has 1 amide bonds. The minimum absolute atomic E-state index is 0.126. The predicted molar refractivity (Wildman–Crippen MR) is 73.6 cm³/mol.